The maximum Gasteiger partial charge on any atom is 0.0697 e. The molecular formula is C11H23NO2. The van der Waals surface area contributed by atoms with Crippen molar-refractivity contribution in [2.24, 2.45) is 0 Å². The summed E-state index contributed by atoms with van der Waals surface area (Å²) in [6.07, 6.45) is 5.15. The van der Waals surface area contributed by atoms with E-state index in [0.717, 1.165) is 32.4 Å². The van der Waals surface area contributed by atoms with Crippen molar-refractivity contribution >= 4 is 0 Å². The van der Waals surface area contributed by atoms with Gasteiger partial charge in [0.1, 0.15) is 0 Å². The summed E-state index contributed by atoms with van der Waals surface area (Å²) in [6, 6.07) is 0.547. The molecule has 0 bridgehead atoms. The summed E-state index contributed by atoms with van der Waals surface area (Å²) >= 11 is 0. The molecule has 0 aromatic carbocycles. The largest absolute Gasteiger partial charge is 0.394 e. The minimum atomic E-state index is 0.114. The van der Waals surface area contributed by atoms with Crippen LogP contribution in [0.2, 0.25) is 0 Å². The van der Waals surface area contributed by atoms with Gasteiger partial charge in [0.2, 0.25) is 0 Å². The van der Waals surface area contributed by atoms with Gasteiger partial charge in [-0.25, -0.2) is 0 Å². The topological polar surface area (TPSA) is 41.5 Å². The second-order valence-corrected chi connectivity index (χ2v) is 3.41. The fourth-order valence-corrected chi connectivity index (χ4v) is 1.16. The van der Waals surface area contributed by atoms with Crippen LogP contribution in [0.1, 0.15) is 26.2 Å². The Hall–Kier alpha value is -0.380. The molecule has 0 rings (SSSR count). The molecule has 0 spiro atoms. The highest BCUT2D eigenvalue weighted by atomic mass is 16.5. The summed E-state index contributed by atoms with van der Waals surface area (Å²) in [5.41, 5.74) is 0. The van der Waals surface area contributed by atoms with Gasteiger partial charge in [0.05, 0.1) is 13.2 Å². The van der Waals surface area contributed by atoms with Gasteiger partial charge in [-0.05, 0) is 32.7 Å². The van der Waals surface area contributed by atoms with Gasteiger partial charge in [0.25, 0.3) is 0 Å². The lowest BCUT2D eigenvalue weighted by Gasteiger charge is -2.12. The molecule has 1 unspecified atom stereocenters. The molecule has 0 radical (unpaired) electrons. The number of rotatable bonds is 10. The van der Waals surface area contributed by atoms with Crippen LogP contribution in [-0.2, 0) is 4.74 Å². The van der Waals surface area contributed by atoms with E-state index in [-0.39, 0.29) is 6.61 Å². The number of allylic oxidation sites excluding steroid dienone is 1. The number of nitrogens with one attached hydrogen (secondary N) is 1. The number of hydrogen-bond acceptors (Lipinski definition) is 3. The Morgan fingerprint density at radius 3 is 2.93 bits per heavy atom. The zero-order chi connectivity index (χ0) is 10.6. The summed E-state index contributed by atoms with van der Waals surface area (Å²) < 4.78 is 5.14. The molecule has 0 saturated heterocycles. The fraction of sp³-hybridized carbons (Fsp3) is 0.818. The molecule has 0 aliphatic rings. The first-order valence-electron chi connectivity index (χ1n) is 5.34. The van der Waals surface area contributed by atoms with E-state index in [1.807, 2.05) is 6.08 Å². The molecule has 0 aromatic rings. The summed E-state index contributed by atoms with van der Waals surface area (Å²) in [5, 5.41) is 11.9. The number of aliphatic hydroxyl groups is 1. The minimum absolute atomic E-state index is 0.114. The molecule has 0 aliphatic carbocycles. The molecule has 1 atom stereocenters. The van der Waals surface area contributed by atoms with Gasteiger partial charge in [-0.15, -0.1) is 6.58 Å². The van der Waals surface area contributed by atoms with E-state index in [1.54, 1.807) is 0 Å². The Balaban J connectivity index is 3.06. The van der Waals surface area contributed by atoms with Gasteiger partial charge in [-0.3, -0.25) is 0 Å². The summed E-state index contributed by atoms with van der Waals surface area (Å²) in [4.78, 5) is 0. The lowest BCUT2D eigenvalue weighted by atomic mass is 10.2. The van der Waals surface area contributed by atoms with Crippen LogP contribution >= 0.6 is 0 Å². The highest BCUT2D eigenvalue weighted by molar-refractivity contribution is 4.70. The Labute approximate surface area is 87.2 Å². The smallest absolute Gasteiger partial charge is 0.0697 e. The first-order chi connectivity index (χ1) is 6.81. The van der Waals surface area contributed by atoms with Gasteiger partial charge >= 0.3 is 0 Å². The maximum absolute atomic E-state index is 8.46. The minimum Gasteiger partial charge on any atom is -0.394 e. The molecule has 14 heavy (non-hydrogen) atoms. The maximum atomic E-state index is 8.46. The van der Waals surface area contributed by atoms with Crippen molar-refractivity contribution in [3.8, 4) is 0 Å². The molecule has 84 valence electrons. The van der Waals surface area contributed by atoms with Crippen LogP contribution in [0.15, 0.2) is 12.7 Å². The second kappa shape index (κ2) is 10.7. The van der Waals surface area contributed by atoms with Crippen LogP contribution < -0.4 is 5.32 Å². The van der Waals surface area contributed by atoms with E-state index in [4.69, 9.17) is 9.84 Å². The highest BCUT2D eigenvalue weighted by Crippen LogP contribution is 1.96. The first kappa shape index (κ1) is 13.6. The number of ether oxygens (including phenoxy) is 1. The Morgan fingerprint density at radius 2 is 2.29 bits per heavy atom. The lowest BCUT2D eigenvalue weighted by Crippen LogP contribution is -2.27. The molecule has 0 aliphatic heterocycles. The molecule has 0 heterocycles. The third kappa shape index (κ3) is 9.71. The van der Waals surface area contributed by atoms with E-state index in [2.05, 4.69) is 18.8 Å². The predicted molar refractivity (Wildman–Crippen MR) is 59.4 cm³/mol. The van der Waals surface area contributed by atoms with E-state index in [0.29, 0.717) is 12.6 Å². The zero-order valence-electron chi connectivity index (χ0n) is 9.17. The van der Waals surface area contributed by atoms with Gasteiger partial charge < -0.3 is 15.2 Å². The molecule has 3 heteroatoms. The normalized spacial score (nSPS) is 12.7. The first-order valence-corrected chi connectivity index (χ1v) is 5.34. The van der Waals surface area contributed by atoms with Crippen molar-refractivity contribution < 1.29 is 9.84 Å². The Morgan fingerprint density at radius 1 is 1.50 bits per heavy atom. The average molecular weight is 201 g/mol. The molecule has 0 amide bonds. The van der Waals surface area contributed by atoms with E-state index in [1.165, 1.54) is 0 Å². The molecular weight excluding hydrogens is 178 g/mol. The second-order valence-electron chi connectivity index (χ2n) is 3.41. The van der Waals surface area contributed by atoms with Crippen molar-refractivity contribution in [2.75, 3.05) is 26.4 Å². The average Bonchev–Trinajstić information content (AvgIpc) is 2.20. The molecule has 0 saturated carbocycles. The molecule has 2 N–H and O–H groups in total. The molecule has 0 fully saturated rings. The van der Waals surface area contributed by atoms with Gasteiger partial charge in [0, 0.05) is 12.6 Å². The Bertz CT molecular complexity index is 128. The summed E-state index contributed by atoms with van der Waals surface area (Å²) in [6.45, 7) is 8.13. The number of aliphatic hydroxyl groups excluding tert-OH is 1. The van der Waals surface area contributed by atoms with Crippen LogP contribution in [0.5, 0.6) is 0 Å². The van der Waals surface area contributed by atoms with Crippen LogP contribution in [0.4, 0.5) is 0 Å². The van der Waals surface area contributed by atoms with Gasteiger partial charge in [-0.1, -0.05) is 6.08 Å². The summed E-state index contributed by atoms with van der Waals surface area (Å²) in [5.74, 6) is 0. The highest BCUT2D eigenvalue weighted by Gasteiger charge is 1.98. The van der Waals surface area contributed by atoms with Gasteiger partial charge in [0.15, 0.2) is 0 Å². The van der Waals surface area contributed by atoms with Crippen molar-refractivity contribution in [3.63, 3.8) is 0 Å². The van der Waals surface area contributed by atoms with Crippen LogP contribution in [0.25, 0.3) is 0 Å². The van der Waals surface area contributed by atoms with Crippen molar-refractivity contribution in [1.82, 2.24) is 5.32 Å². The summed E-state index contributed by atoms with van der Waals surface area (Å²) in [7, 11) is 0. The Kier molecular flexibility index (Phi) is 10.4. The number of hydrogen-bond donors (Lipinski definition) is 2. The third-order valence-corrected chi connectivity index (χ3v) is 2.00. The predicted octanol–water partition coefficient (Wildman–Crippen LogP) is 1.33. The van der Waals surface area contributed by atoms with E-state index in [9.17, 15) is 0 Å². The standard InChI is InChI=1S/C11H23NO2/c1-3-4-6-11(2)12-7-5-9-14-10-8-13/h3,11-13H,1,4-10H2,2H3. The van der Waals surface area contributed by atoms with Crippen LogP contribution in [-0.4, -0.2) is 37.5 Å². The van der Waals surface area contributed by atoms with Crippen LogP contribution in [0.3, 0.4) is 0 Å². The molecule has 0 aromatic heterocycles. The zero-order valence-corrected chi connectivity index (χ0v) is 9.17. The van der Waals surface area contributed by atoms with Gasteiger partial charge in [-0.2, -0.15) is 0 Å². The van der Waals surface area contributed by atoms with Crippen molar-refractivity contribution in [1.29, 1.82) is 0 Å². The van der Waals surface area contributed by atoms with E-state index >= 15 is 0 Å². The third-order valence-electron chi connectivity index (χ3n) is 2.00. The van der Waals surface area contributed by atoms with Crippen molar-refractivity contribution in [3.05, 3.63) is 12.7 Å². The SMILES string of the molecule is C=CCCC(C)NCCCOCCO. The lowest BCUT2D eigenvalue weighted by molar-refractivity contribution is 0.0904. The van der Waals surface area contributed by atoms with Crippen molar-refractivity contribution in [2.45, 2.75) is 32.2 Å². The monoisotopic (exact) mass is 201 g/mol. The quantitative estimate of drug-likeness (QED) is 0.414. The fourth-order valence-electron chi connectivity index (χ4n) is 1.16. The van der Waals surface area contributed by atoms with E-state index < -0.39 is 0 Å². The molecule has 3 nitrogen and oxygen atoms in total. The van der Waals surface area contributed by atoms with Crippen LogP contribution in [0, 0.1) is 0 Å².